The van der Waals surface area contributed by atoms with Crippen LogP contribution in [-0.4, -0.2) is 24.5 Å². The number of urea groups is 1. The molecule has 0 spiro atoms. The zero-order valence-corrected chi connectivity index (χ0v) is 14.1. The zero-order chi connectivity index (χ0) is 19.3. The zero-order valence-electron chi connectivity index (χ0n) is 14.1. The van der Waals surface area contributed by atoms with Crippen molar-refractivity contribution >= 4 is 23.6 Å². The van der Waals surface area contributed by atoms with Gasteiger partial charge in [-0.05, 0) is 37.6 Å². The van der Waals surface area contributed by atoms with Gasteiger partial charge in [-0.25, -0.2) is 18.4 Å². The molecule has 0 radical (unpaired) electrons. The highest BCUT2D eigenvalue weighted by Gasteiger charge is 2.16. The number of nitrogens with one attached hydrogen (secondary N) is 2. The van der Waals surface area contributed by atoms with Crippen LogP contribution >= 0.6 is 0 Å². The summed E-state index contributed by atoms with van der Waals surface area (Å²) >= 11 is 0. The molecule has 0 aliphatic rings. The standard InChI is InChI=1S/C18H16F2N2O4/c1-10-3-6-15(11(2)7-10)21-18(25)22-16(23)9-26-17(24)13-5-4-12(19)8-14(13)20/h3-8H,9H2,1-2H3,(H2,21,22,23,25). The second-order valence-electron chi connectivity index (χ2n) is 5.52. The smallest absolute Gasteiger partial charge is 0.341 e. The van der Waals surface area contributed by atoms with E-state index in [0.29, 0.717) is 11.8 Å². The Bertz CT molecular complexity index is 868. The quantitative estimate of drug-likeness (QED) is 0.819. The SMILES string of the molecule is Cc1ccc(NC(=O)NC(=O)COC(=O)c2ccc(F)cc2F)c(C)c1. The highest BCUT2D eigenvalue weighted by Crippen LogP contribution is 2.15. The number of amides is 3. The van der Waals surface area contributed by atoms with Crippen molar-refractivity contribution in [3.63, 3.8) is 0 Å². The van der Waals surface area contributed by atoms with Crippen molar-refractivity contribution in [1.82, 2.24) is 5.32 Å². The lowest BCUT2D eigenvalue weighted by Crippen LogP contribution is -2.37. The second-order valence-corrected chi connectivity index (χ2v) is 5.52. The summed E-state index contributed by atoms with van der Waals surface area (Å²) < 4.78 is 30.8. The van der Waals surface area contributed by atoms with Gasteiger partial charge in [0.1, 0.15) is 11.6 Å². The van der Waals surface area contributed by atoms with Crippen LogP contribution < -0.4 is 10.6 Å². The Labute approximate surface area is 148 Å². The maximum absolute atomic E-state index is 13.4. The van der Waals surface area contributed by atoms with Gasteiger partial charge in [0.2, 0.25) is 0 Å². The van der Waals surface area contributed by atoms with E-state index in [1.807, 2.05) is 18.3 Å². The fourth-order valence-electron chi connectivity index (χ4n) is 2.13. The third kappa shape index (κ3) is 5.10. The molecule has 8 heteroatoms. The fourth-order valence-corrected chi connectivity index (χ4v) is 2.13. The first-order valence-electron chi connectivity index (χ1n) is 7.56. The number of ether oxygens (including phenoxy) is 1. The molecule has 3 amide bonds. The summed E-state index contributed by atoms with van der Waals surface area (Å²) in [6.07, 6.45) is 0. The maximum atomic E-state index is 13.4. The Morgan fingerprint density at radius 3 is 2.42 bits per heavy atom. The van der Waals surface area contributed by atoms with Crippen LogP contribution in [0.5, 0.6) is 0 Å². The molecule has 26 heavy (non-hydrogen) atoms. The number of imide groups is 1. The van der Waals surface area contributed by atoms with Crippen molar-refractivity contribution in [3.8, 4) is 0 Å². The number of aryl methyl sites for hydroxylation is 2. The van der Waals surface area contributed by atoms with Crippen LogP contribution in [0.15, 0.2) is 36.4 Å². The fraction of sp³-hybridized carbons (Fsp3) is 0.167. The van der Waals surface area contributed by atoms with Crippen LogP contribution in [-0.2, 0) is 9.53 Å². The molecule has 6 nitrogen and oxygen atoms in total. The van der Waals surface area contributed by atoms with E-state index in [4.69, 9.17) is 0 Å². The van der Waals surface area contributed by atoms with E-state index in [2.05, 4.69) is 10.1 Å². The van der Waals surface area contributed by atoms with E-state index in [9.17, 15) is 23.2 Å². The topological polar surface area (TPSA) is 84.5 Å². The number of hydrogen-bond acceptors (Lipinski definition) is 4. The van der Waals surface area contributed by atoms with Crippen LogP contribution in [0.2, 0.25) is 0 Å². The average molecular weight is 362 g/mol. The van der Waals surface area contributed by atoms with E-state index in [-0.39, 0.29) is 0 Å². The Balaban J connectivity index is 1.86. The van der Waals surface area contributed by atoms with Gasteiger partial charge in [-0.3, -0.25) is 10.1 Å². The van der Waals surface area contributed by atoms with Gasteiger partial charge >= 0.3 is 12.0 Å². The summed E-state index contributed by atoms with van der Waals surface area (Å²) in [6.45, 7) is 2.90. The average Bonchev–Trinajstić information content (AvgIpc) is 2.55. The molecule has 0 saturated carbocycles. The number of halogens is 2. The molecule has 0 aromatic heterocycles. The van der Waals surface area contributed by atoms with E-state index in [0.717, 1.165) is 23.3 Å². The van der Waals surface area contributed by atoms with E-state index in [1.165, 1.54) is 0 Å². The van der Waals surface area contributed by atoms with Gasteiger partial charge < -0.3 is 10.1 Å². The molecule has 0 aliphatic carbocycles. The maximum Gasteiger partial charge on any atom is 0.341 e. The molecule has 0 fully saturated rings. The highest BCUT2D eigenvalue weighted by atomic mass is 19.1. The molecule has 2 aromatic carbocycles. The predicted molar refractivity (Wildman–Crippen MR) is 89.7 cm³/mol. The third-order valence-corrected chi connectivity index (χ3v) is 3.37. The largest absolute Gasteiger partial charge is 0.452 e. The molecular formula is C18H16F2N2O4. The van der Waals surface area contributed by atoms with E-state index >= 15 is 0 Å². The molecular weight excluding hydrogens is 346 g/mol. The molecule has 2 rings (SSSR count). The number of anilines is 1. The first kappa shape index (κ1) is 19.0. The van der Waals surface area contributed by atoms with Crippen LogP contribution in [0.4, 0.5) is 19.3 Å². The number of carbonyl (C=O) groups excluding carboxylic acids is 3. The Morgan fingerprint density at radius 2 is 1.77 bits per heavy atom. The minimum absolute atomic E-state index is 0.515. The van der Waals surface area contributed by atoms with E-state index < -0.39 is 41.7 Å². The van der Waals surface area contributed by atoms with Gasteiger partial charge in [0.05, 0.1) is 5.56 Å². The highest BCUT2D eigenvalue weighted by molar-refractivity contribution is 6.02. The summed E-state index contributed by atoms with van der Waals surface area (Å²) in [5.41, 5.74) is 1.83. The molecule has 0 aliphatic heterocycles. The number of esters is 1. The minimum atomic E-state index is -1.15. The number of hydrogen-bond donors (Lipinski definition) is 2. The number of rotatable bonds is 4. The van der Waals surface area contributed by atoms with Crippen molar-refractivity contribution in [1.29, 1.82) is 0 Å². The monoisotopic (exact) mass is 362 g/mol. The second kappa shape index (κ2) is 8.19. The van der Waals surface area contributed by atoms with Gasteiger partial charge in [-0.15, -0.1) is 0 Å². The summed E-state index contributed by atoms with van der Waals surface area (Å²) in [6, 6.07) is 6.85. The summed E-state index contributed by atoms with van der Waals surface area (Å²) in [4.78, 5) is 35.1. The van der Waals surface area contributed by atoms with Crippen LogP contribution in [0.3, 0.4) is 0 Å². The van der Waals surface area contributed by atoms with Gasteiger partial charge in [0, 0.05) is 11.8 Å². The van der Waals surface area contributed by atoms with Gasteiger partial charge in [-0.2, -0.15) is 0 Å². The summed E-state index contributed by atoms with van der Waals surface area (Å²) in [5, 5.41) is 4.47. The summed E-state index contributed by atoms with van der Waals surface area (Å²) in [7, 11) is 0. The number of benzene rings is 2. The van der Waals surface area contributed by atoms with Crippen molar-refractivity contribution in [3.05, 3.63) is 64.7 Å². The van der Waals surface area contributed by atoms with E-state index in [1.54, 1.807) is 19.1 Å². The van der Waals surface area contributed by atoms with Gasteiger partial charge in [-0.1, -0.05) is 17.7 Å². The molecule has 0 unspecified atom stereocenters. The molecule has 2 aromatic rings. The first-order chi connectivity index (χ1) is 12.3. The molecule has 2 N–H and O–H groups in total. The van der Waals surface area contributed by atoms with Crippen molar-refractivity contribution < 1.29 is 27.9 Å². The van der Waals surface area contributed by atoms with Crippen LogP contribution in [0.25, 0.3) is 0 Å². The van der Waals surface area contributed by atoms with Gasteiger partial charge in [0.25, 0.3) is 5.91 Å². The molecule has 0 bridgehead atoms. The number of carbonyl (C=O) groups is 3. The Morgan fingerprint density at radius 1 is 1.04 bits per heavy atom. The molecule has 0 saturated heterocycles. The Hall–Kier alpha value is -3.29. The normalized spacial score (nSPS) is 10.2. The minimum Gasteiger partial charge on any atom is -0.452 e. The molecule has 0 heterocycles. The van der Waals surface area contributed by atoms with Crippen molar-refractivity contribution in [2.75, 3.05) is 11.9 Å². The lowest BCUT2D eigenvalue weighted by Gasteiger charge is -2.10. The lowest BCUT2D eigenvalue weighted by molar-refractivity contribution is -0.123. The van der Waals surface area contributed by atoms with Crippen LogP contribution in [0, 0.1) is 25.5 Å². The predicted octanol–water partition coefficient (Wildman–Crippen LogP) is 3.09. The van der Waals surface area contributed by atoms with Crippen LogP contribution in [0.1, 0.15) is 21.5 Å². The third-order valence-electron chi connectivity index (χ3n) is 3.37. The molecule has 0 atom stereocenters. The first-order valence-corrected chi connectivity index (χ1v) is 7.56. The van der Waals surface area contributed by atoms with Crippen molar-refractivity contribution in [2.45, 2.75) is 13.8 Å². The molecule has 136 valence electrons. The summed E-state index contributed by atoms with van der Waals surface area (Å²) in [5.74, 6) is -4.00. The Kier molecular flexibility index (Phi) is 6.00. The van der Waals surface area contributed by atoms with Crippen molar-refractivity contribution in [2.24, 2.45) is 0 Å². The van der Waals surface area contributed by atoms with Gasteiger partial charge in [0.15, 0.2) is 6.61 Å². The lowest BCUT2D eigenvalue weighted by atomic mass is 10.1.